The van der Waals surface area contributed by atoms with E-state index in [1.165, 1.54) is 38.5 Å². The largest absolute Gasteiger partial charge is 0.639 e. The second-order valence-corrected chi connectivity index (χ2v) is 3.75. The fourth-order valence-electron chi connectivity index (χ4n) is 1.47. The van der Waals surface area contributed by atoms with Gasteiger partial charge in [-0.2, -0.15) is 0 Å². The fraction of sp³-hybridized carbons (Fsp3) is 1.00. The summed E-state index contributed by atoms with van der Waals surface area (Å²) in [6, 6.07) is 0. The standard InChI is InChI=1S/C11H25BO3/c1-4-5-6-7-8-9-10-11-15-12(13-2)14-3/h4-11H2,1-3H3. The lowest BCUT2D eigenvalue weighted by Gasteiger charge is -2.08. The van der Waals surface area contributed by atoms with Crippen molar-refractivity contribution in [3.63, 3.8) is 0 Å². The summed E-state index contributed by atoms with van der Waals surface area (Å²) in [6.45, 7) is 2.96. The summed E-state index contributed by atoms with van der Waals surface area (Å²) >= 11 is 0. The Labute approximate surface area is 94.7 Å². The third kappa shape index (κ3) is 10.2. The van der Waals surface area contributed by atoms with Crippen molar-refractivity contribution in [2.75, 3.05) is 20.8 Å². The van der Waals surface area contributed by atoms with Crippen LogP contribution in [0.1, 0.15) is 51.9 Å². The van der Waals surface area contributed by atoms with Crippen LogP contribution in [-0.4, -0.2) is 28.1 Å². The van der Waals surface area contributed by atoms with Crippen molar-refractivity contribution in [1.29, 1.82) is 0 Å². The van der Waals surface area contributed by atoms with E-state index in [1.54, 1.807) is 14.2 Å². The van der Waals surface area contributed by atoms with Crippen LogP contribution in [0.3, 0.4) is 0 Å². The predicted octanol–water partition coefficient (Wildman–Crippen LogP) is 3.03. The highest BCUT2D eigenvalue weighted by molar-refractivity contribution is 6.36. The Morgan fingerprint density at radius 3 is 1.87 bits per heavy atom. The zero-order valence-corrected chi connectivity index (χ0v) is 10.5. The molecule has 0 aliphatic rings. The molecule has 0 radical (unpaired) electrons. The Morgan fingerprint density at radius 2 is 1.33 bits per heavy atom. The molecule has 0 N–H and O–H groups in total. The molecule has 0 unspecified atom stereocenters. The van der Waals surface area contributed by atoms with Crippen molar-refractivity contribution in [1.82, 2.24) is 0 Å². The summed E-state index contributed by atoms with van der Waals surface area (Å²) in [6.07, 6.45) is 9.05. The molecule has 4 heteroatoms. The highest BCUT2D eigenvalue weighted by Gasteiger charge is 2.15. The molecule has 0 saturated heterocycles. The Balaban J connectivity index is 3.04. The Morgan fingerprint density at radius 1 is 0.800 bits per heavy atom. The Hall–Kier alpha value is -0.0551. The molecule has 0 spiro atoms. The SMILES string of the molecule is CCCCCCCCCOB(OC)OC. The lowest BCUT2D eigenvalue weighted by molar-refractivity contribution is 0.133. The van der Waals surface area contributed by atoms with E-state index in [4.69, 9.17) is 14.0 Å². The first-order chi connectivity index (χ1) is 7.35. The van der Waals surface area contributed by atoms with E-state index in [-0.39, 0.29) is 0 Å². The average Bonchev–Trinajstić information content (AvgIpc) is 2.27. The van der Waals surface area contributed by atoms with Crippen LogP contribution >= 0.6 is 0 Å². The molecule has 0 rings (SSSR count). The van der Waals surface area contributed by atoms with Gasteiger partial charge in [-0.25, -0.2) is 0 Å². The quantitative estimate of drug-likeness (QED) is 0.392. The van der Waals surface area contributed by atoms with Gasteiger partial charge in [-0.3, -0.25) is 0 Å². The molecule has 15 heavy (non-hydrogen) atoms. The van der Waals surface area contributed by atoms with Crippen molar-refractivity contribution >= 4 is 7.32 Å². The topological polar surface area (TPSA) is 27.7 Å². The van der Waals surface area contributed by atoms with Crippen molar-refractivity contribution in [3.05, 3.63) is 0 Å². The normalized spacial score (nSPS) is 10.6. The number of unbranched alkanes of at least 4 members (excludes halogenated alkanes) is 6. The summed E-state index contributed by atoms with van der Waals surface area (Å²) in [5.74, 6) is 0. The first-order valence-electron chi connectivity index (χ1n) is 6.02. The molecule has 0 fully saturated rings. The maximum Gasteiger partial charge on any atom is 0.639 e. The van der Waals surface area contributed by atoms with E-state index in [0.717, 1.165) is 13.0 Å². The minimum absolute atomic E-state index is 0.495. The molecule has 0 heterocycles. The summed E-state index contributed by atoms with van der Waals surface area (Å²) < 4.78 is 15.2. The van der Waals surface area contributed by atoms with E-state index >= 15 is 0 Å². The van der Waals surface area contributed by atoms with Gasteiger partial charge >= 0.3 is 7.32 Å². The van der Waals surface area contributed by atoms with Crippen LogP contribution in [-0.2, 0) is 14.0 Å². The van der Waals surface area contributed by atoms with Crippen molar-refractivity contribution in [2.24, 2.45) is 0 Å². The van der Waals surface area contributed by atoms with Gasteiger partial charge < -0.3 is 14.0 Å². The third-order valence-electron chi connectivity index (χ3n) is 2.39. The van der Waals surface area contributed by atoms with Gasteiger partial charge in [0.2, 0.25) is 0 Å². The molecule has 3 nitrogen and oxygen atoms in total. The number of hydrogen-bond acceptors (Lipinski definition) is 3. The summed E-state index contributed by atoms with van der Waals surface area (Å²) in [5.41, 5.74) is 0. The minimum atomic E-state index is -0.495. The van der Waals surface area contributed by atoms with Crippen molar-refractivity contribution < 1.29 is 14.0 Å². The molecule has 0 aromatic heterocycles. The lowest BCUT2D eigenvalue weighted by atomic mass is 10.1. The summed E-state index contributed by atoms with van der Waals surface area (Å²) in [4.78, 5) is 0. The molecule has 0 aromatic rings. The van der Waals surface area contributed by atoms with Gasteiger partial charge in [0.25, 0.3) is 0 Å². The van der Waals surface area contributed by atoms with Crippen molar-refractivity contribution in [2.45, 2.75) is 51.9 Å². The van der Waals surface area contributed by atoms with Crippen LogP contribution in [0.15, 0.2) is 0 Å². The van der Waals surface area contributed by atoms with Gasteiger partial charge in [0.15, 0.2) is 0 Å². The van der Waals surface area contributed by atoms with Gasteiger partial charge in [-0.1, -0.05) is 45.4 Å². The van der Waals surface area contributed by atoms with E-state index in [1.807, 2.05) is 0 Å². The molecule has 0 aliphatic carbocycles. The smallest absolute Gasteiger partial charge is 0.389 e. The summed E-state index contributed by atoms with van der Waals surface area (Å²) in [7, 11) is 2.67. The van der Waals surface area contributed by atoms with Crippen LogP contribution < -0.4 is 0 Å². The fourth-order valence-corrected chi connectivity index (χ4v) is 1.47. The maximum atomic E-state index is 5.32. The van der Waals surface area contributed by atoms with E-state index in [2.05, 4.69) is 6.92 Å². The van der Waals surface area contributed by atoms with Crippen LogP contribution in [0.5, 0.6) is 0 Å². The molecule has 0 aliphatic heterocycles. The second-order valence-electron chi connectivity index (χ2n) is 3.75. The molecular formula is C11H25BO3. The molecule has 0 atom stereocenters. The predicted molar refractivity (Wildman–Crippen MR) is 63.7 cm³/mol. The van der Waals surface area contributed by atoms with Crippen LogP contribution in [0.25, 0.3) is 0 Å². The second kappa shape index (κ2) is 12.0. The van der Waals surface area contributed by atoms with Crippen molar-refractivity contribution in [3.8, 4) is 0 Å². The molecule has 90 valence electrons. The van der Waals surface area contributed by atoms with E-state index in [0.29, 0.717) is 0 Å². The minimum Gasteiger partial charge on any atom is -0.389 e. The first kappa shape index (κ1) is 14.9. The van der Waals surface area contributed by atoms with Gasteiger partial charge in [0.1, 0.15) is 0 Å². The Kier molecular flexibility index (Phi) is 12.0. The van der Waals surface area contributed by atoms with Gasteiger partial charge in [0, 0.05) is 20.8 Å². The third-order valence-corrected chi connectivity index (χ3v) is 2.39. The molecule has 0 aromatic carbocycles. The van der Waals surface area contributed by atoms with Crippen LogP contribution in [0.4, 0.5) is 0 Å². The van der Waals surface area contributed by atoms with Crippen LogP contribution in [0.2, 0.25) is 0 Å². The van der Waals surface area contributed by atoms with Gasteiger partial charge in [-0.05, 0) is 6.42 Å². The molecule has 0 bridgehead atoms. The van der Waals surface area contributed by atoms with Gasteiger partial charge in [-0.15, -0.1) is 0 Å². The van der Waals surface area contributed by atoms with Crippen LogP contribution in [0, 0.1) is 0 Å². The zero-order valence-electron chi connectivity index (χ0n) is 10.5. The molecule has 0 saturated carbocycles. The maximum absolute atomic E-state index is 5.32. The summed E-state index contributed by atoms with van der Waals surface area (Å²) in [5, 5.41) is 0. The first-order valence-corrected chi connectivity index (χ1v) is 6.02. The monoisotopic (exact) mass is 216 g/mol. The number of hydrogen-bond donors (Lipinski definition) is 0. The molecule has 0 amide bonds. The molecular weight excluding hydrogens is 191 g/mol. The lowest BCUT2D eigenvalue weighted by Crippen LogP contribution is -2.24. The van der Waals surface area contributed by atoms with E-state index < -0.39 is 7.32 Å². The number of rotatable bonds is 11. The highest BCUT2D eigenvalue weighted by atomic mass is 16.7. The Bertz CT molecular complexity index is 118. The van der Waals surface area contributed by atoms with Gasteiger partial charge in [0.05, 0.1) is 0 Å². The van der Waals surface area contributed by atoms with E-state index in [9.17, 15) is 0 Å². The zero-order chi connectivity index (χ0) is 11.4. The highest BCUT2D eigenvalue weighted by Crippen LogP contribution is 2.07. The average molecular weight is 216 g/mol.